The summed E-state index contributed by atoms with van der Waals surface area (Å²) in [6, 6.07) is 14.4. The number of methoxy groups -OCH3 is 1. The van der Waals surface area contributed by atoms with Gasteiger partial charge >= 0.3 is 0 Å². The van der Waals surface area contributed by atoms with Gasteiger partial charge in [-0.25, -0.2) is 0 Å². The molecular formula is C18H21BrO2. The van der Waals surface area contributed by atoms with Crippen LogP contribution in [0.1, 0.15) is 34.9 Å². The van der Waals surface area contributed by atoms with E-state index in [0.29, 0.717) is 0 Å². The van der Waals surface area contributed by atoms with Gasteiger partial charge < -0.3 is 9.47 Å². The van der Waals surface area contributed by atoms with Crippen molar-refractivity contribution in [2.24, 2.45) is 0 Å². The van der Waals surface area contributed by atoms with Gasteiger partial charge in [-0.2, -0.15) is 0 Å². The lowest BCUT2D eigenvalue weighted by Gasteiger charge is -2.16. The summed E-state index contributed by atoms with van der Waals surface area (Å²) in [6.07, 6.45) is 1.01. The predicted molar refractivity (Wildman–Crippen MR) is 90.7 cm³/mol. The van der Waals surface area contributed by atoms with Crippen LogP contribution in [0.25, 0.3) is 0 Å². The van der Waals surface area contributed by atoms with Crippen molar-refractivity contribution < 1.29 is 9.47 Å². The van der Waals surface area contributed by atoms with Gasteiger partial charge in [0.2, 0.25) is 0 Å². The lowest BCUT2D eigenvalue weighted by Crippen LogP contribution is -1.99. The van der Waals surface area contributed by atoms with Crippen molar-refractivity contribution >= 4 is 15.9 Å². The maximum atomic E-state index is 5.71. The van der Waals surface area contributed by atoms with Crippen molar-refractivity contribution in [1.29, 1.82) is 0 Å². The van der Waals surface area contributed by atoms with Crippen LogP contribution in [0, 0.1) is 6.92 Å². The van der Waals surface area contributed by atoms with E-state index in [1.165, 1.54) is 16.7 Å². The van der Waals surface area contributed by atoms with Crippen LogP contribution in [0.2, 0.25) is 0 Å². The fourth-order valence-electron chi connectivity index (χ4n) is 2.22. The molecule has 0 fully saturated rings. The Bertz CT molecular complexity index is 596. The van der Waals surface area contributed by atoms with E-state index in [2.05, 4.69) is 54.0 Å². The highest BCUT2D eigenvalue weighted by molar-refractivity contribution is 9.09. The number of ether oxygens (including phenoxy) is 2. The molecule has 2 nitrogen and oxygen atoms in total. The third-order valence-corrected chi connectivity index (χ3v) is 4.40. The van der Waals surface area contributed by atoms with Gasteiger partial charge in [-0.05, 0) is 54.3 Å². The van der Waals surface area contributed by atoms with Crippen LogP contribution in [-0.2, 0) is 0 Å². The van der Waals surface area contributed by atoms with Gasteiger partial charge in [0, 0.05) is 0 Å². The molecule has 3 heteroatoms. The summed E-state index contributed by atoms with van der Waals surface area (Å²) < 4.78 is 11.0. The molecule has 1 atom stereocenters. The van der Waals surface area contributed by atoms with Crippen LogP contribution >= 0.6 is 15.9 Å². The third kappa shape index (κ3) is 4.01. The van der Waals surface area contributed by atoms with Gasteiger partial charge in [-0.15, -0.1) is 0 Å². The minimum Gasteiger partial charge on any atom is -0.497 e. The van der Waals surface area contributed by atoms with Gasteiger partial charge in [0.15, 0.2) is 0 Å². The van der Waals surface area contributed by atoms with Gasteiger partial charge in [0.25, 0.3) is 0 Å². The van der Waals surface area contributed by atoms with Gasteiger partial charge in [0.05, 0.1) is 18.5 Å². The highest BCUT2D eigenvalue weighted by atomic mass is 79.9. The molecule has 0 aliphatic heterocycles. The molecule has 2 rings (SSSR count). The Kier molecular flexibility index (Phi) is 5.68. The Hall–Kier alpha value is -1.48. The topological polar surface area (TPSA) is 18.5 Å². The minimum atomic E-state index is 0.147. The second-order valence-electron chi connectivity index (χ2n) is 5.01. The van der Waals surface area contributed by atoms with E-state index in [-0.39, 0.29) is 4.83 Å². The van der Waals surface area contributed by atoms with Crippen molar-refractivity contribution in [3.05, 3.63) is 59.2 Å². The van der Waals surface area contributed by atoms with E-state index in [1.807, 2.05) is 18.2 Å². The van der Waals surface area contributed by atoms with E-state index in [0.717, 1.165) is 24.5 Å². The number of halogens is 1. The van der Waals surface area contributed by atoms with Crippen molar-refractivity contribution in [3.63, 3.8) is 0 Å². The summed E-state index contributed by atoms with van der Waals surface area (Å²) in [5.41, 5.74) is 3.64. The molecule has 112 valence electrons. The van der Waals surface area contributed by atoms with E-state index >= 15 is 0 Å². The smallest absolute Gasteiger partial charge is 0.119 e. The summed E-state index contributed by atoms with van der Waals surface area (Å²) in [6.45, 7) is 4.96. The fourth-order valence-corrected chi connectivity index (χ4v) is 3.02. The van der Waals surface area contributed by atoms with Crippen LogP contribution in [0.4, 0.5) is 0 Å². The number of aryl methyl sites for hydroxylation is 1. The first-order valence-electron chi connectivity index (χ1n) is 7.17. The third-order valence-electron chi connectivity index (χ3n) is 3.37. The fraction of sp³-hybridized carbons (Fsp3) is 0.333. The van der Waals surface area contributed by atoms with Crippen LogP contribution in [0.3, 0.4) is 0 Å². The van der Waals surface area contributed by atoms with Crippen LogP contribution in [0.5, 0.6) is 11.5 Å². The zero-order valence-electron chi connectivity index (χ0n) is 12.7. The summed E-state index contributed by atoms with van der Waals surface area (Å²) in [4.78, 5) is 0.147. The molecule has 2 aromatic carbocycles. The summed E-state index contributed by atoms with van der Waals surface area (Å²) in [5, 5.41) is 0. The molecule has 0 spiro atoms. The van der Waals surface area contributed by atoms with Crippen molar-refractivity contribution in [2.45, 2.75) is 25.1 Å². The van der Waals surface area contributed by atoms with Crippen molar-refractivity contribution in [2.75, 3.05) is 13.7 Å². The van der Waals surface area contributed by atoms with Crippen LogP contribution in [0.15, 0.2) is 42.5 Å². The standard InChI is InChI=1S/C18H21BrO2/c1-4-10-21-16-7-5-6-14(12-16)18(19)17-9-8-15(20-3)11-13(17)2/h5-9,11-12,18H,4,10H2,1-3H3. The molecule has 1 unspecified atom stereocenters. The Morgan fingerprint density at radius 2 is 1.90 bits per heavy atom. The molecule has 0 aromatic heterocycles. The number of hydrogen-bond acceptors (Lipinski definition) is 2. The minimum absolute atomic E-state index is 0.147. The van der Waals surface area contributed by atoms with Crippen molar-refractivity contribution in [3.8, 4) is 11.5 Å². The monoisotopic (exact) mass is 348 g/mol. The number of alkyl halides is 1. The molecular weight excluding hydrogens is 328 g/mol. The Morgan fingerprint density at radius 3 is 2.57 bits per heavy atom. The molecule has 0 N–H and O–H groups in total. The average Bonchev–Trinajstić information content (AvgIpc) is 2.52. The Morgan fingerprint density at radius 1 is 1.10 bits per heavy atom. The summed E-state index contributed by atoms with van der Waals surface area (Å²) in [5.74, 6) is 1.81. The Balaban J connectivity index is 2.25. The van der Waals surface area contributed by atoms with Gasteiger partial charge in [-0.3, -0.25) is 0 Å². The van der Waals surface area contributed by atoms with E-state index in [4.69, 9.17) is 9.47 Å². The highest BCUT2D eigenvalue weighted by Crippen LogP contribution is 2.35. The van der Waals surface area contributed by atoms with Crippen LogP contribution < -0.4 is 9.47 Å². The largest absolute Gasteiger partial charge is 0.497 e. The number of hydrogen-bond donors (Lipinski definition) is 0. The van der Waals surface area contributed by atoms with E-state index in [1.54, 1.807) is 7.11 Å². The molecule has 0 saturated heterocycles. The molecule has 0 aliphatic rings. The maximum absolute atomic E-state index is 5.71. The molecule has 0 heterocycles. The zero-order valence-corrected chi connectivity index (χ0v) is 14.3. The van der Waals surface area contributed by atoms with E-state index < -0.39 is 0 Å². The average molecular weight is 349 g/mol. The first-order valence-corrected chi connectivity index (χ1v) is 8.08. The summed E-state index contributed by atoms with van der Waals surface area (Å²) >= 11 is 3.80. The number of rotatable bonds is 6. The first kappa shape index (κ1) is 15.9. The maximum Gasteiger partial charge on any atom is 0.119 e. The SMILES string of the molecule is CCCOc1cccc(C(Br)c2ccc(OC)cc2C)c1. The van der Waals surface area contributed by atoms with Crippen LogP contribution in [-0.4, -0.2) is 13.7 Å². The van der Waals surface area contributed by atoms with Gasteiger partial charge in [0.1, 0.15) is 11.5 Å². The Labute approximate surface area is 135 Å². The highest BCUT2D eigenvalue weighted by Gasteiger charge is 2.14. The molecule has 0 bridgehead atoms. The first-order chi connectivity index (χ1) is 10.2. The molecule has 21 heavy (non-hydrogen) atoms. The second-order valence-corrected chi connectivity index (χ2v) is 5.92. The quantitative estimate of drug-likeness (QED) is 0.661. The van der Waals surface area contributed by atoms with Crippen molar-refractivity contribution in [1.82, 2.24) is 0 Å². The number of benzene rings is 2. The molecule has 0 radical (unpaired) electrons. The zero-order chi connectivity index (χ0) is 15.2. The van der Waals surface area contributed by atoms with E-state index in [9.17, 15) is 0 Å². The summed E-state index contributed by atoms with van der Waals surface area (Å²) in [7, 11) is 1.69. The van der Waals surface area contributed by atoms with Gasteiger partial charge in [-0.1, -0.05) is 41.1 Å². The lowest BCUT2D eigenvalue weighted by molar-refractivity contribution is 0.317. The normalized spacial score (nSPS) is 12.0. The molecule has 0 saturated carbocycles. The molecule has 2 aromatic rings. The lowest BCUT2D eigenvalue weighted by atomic mass is 10.00. The molecule has 0 amide bonds. The second kappa shape index (κ2) is 7.51. The molecule has 0 aliphatic carbocycles. The predicted octanol–water partition coefficient (Wildman–Crippen LogP) is 5.28.